The summed E-state index contributed by atoms with van der Waals surface area (Å²) < 4.78 is 1.84. The highest BCUT2D eigenvalue weighted by Crippen LogP contribution is 2.15. The van der Waals surface area contributed by atoms with Gasteiger partial charge in [-0.3, -0.25) is 4.57 Å². The van der Waals surface area contributed by atoms with E-state index < -0.39 is 5.60 Å². The highest BCUT2D eigenvalue weighted by Gasteiger charge is 2.21. The zero-order chi connectivity index (χ0) is 13.2. The van der Waals surface area contributed by atoms with Crippen molar-refractivity contribution in [3.8, 4) is 5.82 Å². The SMILES string of the molecule is CC(Nc1ccc(-n2ccnc2)nc1)C(C)(C)O. The number of aromatic nitrogens is 3. The monoisotopic (exact) mass is 246 g/mol. The Balaban J connectivity index is 2.09. The van der Waals surface area contributed by atoms with Gasteiger partial charge in [-0.05, 0) is 32.9 Å². The summed E-state index contributed by atoms with van der Waals surface area (Å²) in [5, 5.41) is 13.1. The molecule has 0 amide bonds. The largest absolute Gasteiger partial charge is 0.388 e. The van der Waals surface area contributed by atoms with E-state index in [0.29, 0.717) is 0 Å². The van der Waals surface area contributed by atoms with Crippen LogP contribution in [0.2, 0.25) is 0 Å². The first-order valence-electron chi connectivity index (χ1n) is 5.90. The van der Waals surface area contributed by atoms with E-state index in [-0.39, 0.29) is 6.04 Å². The maximum Gasteiger partial charge on any atom is 0.137 e. The molecule has 2 N–H and O–H groups in total. The third kappa shape index (κ3) is 2.87. The minimum atomic E-state index is -0.775. The average molecular weight is 246 g/mol. The molecule has 0 saturated heterocycles. The van der Waals surface area contributed by atoms with Gasteiger partial charge in [-0.2, -0.15) is 0 Å². The molecule has 0 spiro atoms. The van der Waals surface area contributed by atoms with Crippen molar-refractivity contribution in [1.82, 2.24) is 14.5 Å². The zero-order valence-corrected chi connectivity index (χ0v) is 10.8. The molecule has 0 saturated carbocycles. The lowest BCUT2D eigenvalue weighted by atomic mass is 10.0. The lowest BCUT2D eigenvalue weighted by Gasteiger charge is -2.27. The fourth-order valence-electron chi connectivity index (χ4n) is 1.45. The molecule has 2 rings (SSSR count). The second kappa shape index (κ2) is 4.78. The van der Waals surface area contributed by atoms with Crippen molar-refractivity contribution < 1.29 is 5.11 Å². The van der Waals surface area contributed by atoms with Gasteiger partial charge in [0.2, 0.25) is 0 Å². The van der Waals surface area contributed by atoms with Crippen LogP contribution < -0.4 is 5.32 Å². The van der Waals surface area contributed by atoms with Crippen LogP contribution in [0.25, 0.3) is 5.82 Å². The van der Waals surface area contributed by atoms with Gasteiger partial charge in [0.05, 0.1) is 23.5 Å². The second-order valence-electron chi connectivity index (χ2n) is 4.89. The molecule has 96 valence electrons. The molecule has 2 aromatic rings. The van der Waals surface area contributed by atoms with Gasteiger partial charge in [0, 0.05) is 12.4 Å². The molecule has 0 aromatic carbocycles. The van der Waals surface area contributed by atoms with Crippen molar-refractivity contribution in [2.24, 2.45) is 0 Å². The Morgan fingerprint density at radius 3 is 2.67 bits per heavy atom. The first-order chi connectivity index (χ1) is 8.47. The summed E-state index contributed by atoms with van der Waals surface area (Å²) in [5.41, 5.74) is 0.108. The number of hydrogen-bond donors (Lipinski definition) is 2. The summed E-state index contributed by atoms with van der Waals surface area (Å²) in [6.45, 7) is 5.49. The quantitative estimate of drug-likeness (QED) is 0.864. The second-order valence-corrected chi connectivity index (χ2v) is 4.89. The fourth-order valence-corrected chi connectivity index (χ4v) is 1.45. The fraction of sp³-hybridized carbons (Fsp3) is 0.385. The van der Waals surface area contributed by atoms with E-state index in [1.54, 1.807) is 32.6 Å². The average Bonchev–Trinajstić information content (AvgIpc) is 2.82. The van der Waals surface area contributed by atoms with Gasteiger partial charge in [-0.1, -0.05) is 0 Å². The molecule has 5 heteroatoms. The Morgan fingerprint density at radius 1 is 1.39 bits per heavy atom. The summed E-state index contributed by atoms with van der Waals surface area (Å²) in [6.07, 6.45) is 7.01. The van der Waals surface area contributed by atoms with Crippen molar-refractivity contribution in [2.45, 2.75) is 32.4 Å². The van der Waals surface area contributed by atoms with E-state index in [2.05, 4.69) is 15.3 Å². The number of aliphatic hydroxyl groups is 1. The summed E-state index contributed by atoms with van der Waals surface area (Å²) in [6, 6.07) is 3.78. The van der Waals surface area contributed by atoms with E-state index >= 15 is 0 Å². The van der Waals surface area contributed by atoms with Gasteiger partial charge >= 0.3 is 0 Å². The third-order valence-electron chi connectivity index (χ3n) is 2.96. The summed E-state index contributed by atoms with van der Waals surface area (Å²) in [5.74, 6) is 0.814. The molecule has 5 nitrogen and oxygen atoms in total. The van der Waals surface area contributed by atoms with Crippen LogP contribution in [0.15, 0.2) is 37.1 Å². The predicted octanol–water partition coefficient (Wildman–Crippen LogP) is 1.84. The Labute approximate surface area is 107 Å². The number of nitrogens with one attached hydrogen (secondary N) is 1. The van der Waals surface area contributed by atoms with Crippen molar-refractivity contribution in [3.63, 3.8) is 0 Å². The van der Waals surface area contributed by atoms with E-state index in [4.69, 9.17) is 0 Å². The number of anilines is 1. The van der Waals surface area contributed by atoms with E-state index in [0.717, 1.165) is 11.5 Å². The van der Waals surface area contributed by atoms with Crippen LogP contribution in [0.5, 0.6) is 0 Å². The molecule has 0 aliphatic carbocycles. The molecule has 0 aliphatic rings. The van der Waals surface area contributed by atoms with Gasteiger partial charge in [0.15, 0.2) is 0 Å². The Bertz CT molecular complexity index is 485. The smallest absolute Gasteiger partial charge is 0.137 e. The normalized spacial score (nSPS) is 13.3. The van der Waals surface area contributed by atoms with Crippen LogP contribution >= 0.6 is 0 Å². The van der Waals surface area contributed by atoms with Crippen LogP contribution in [0.1, 0.15) is 20.8 Å². The van der Waals surface area contributed by atoms with E-state index in [1.807, 2.05) is 29.8 Å². The summed E-state index contributed by atoms with van der Waals surface area (Å²) in [7, 11) is 0. The molecule has 0 aliphatic heterocycles. The molecule has 0 fully saturated rings. The standard InChI is InChI=1S/C13H18N4O/c1-10(13(2,3)18)16-11-4-5-12(15-8-11)17-7-6-14-9-17/h4-10,16,18H,1-3H3. The molecule has 1 atom stereocenters. The minimum absolute atomic E-state index is 0.0570. The van der Waals surface area contributed by atoms with E-state index in [9.17, 15) is 5.11 Å². The van der Waals surface area contributed by atoms with Crippen LogP contribution in [-0.4, -0.2) is 31.3 Å². The maximum atomic E-state index is 9.86. The maximum absolute atomic E-state index is 9.86. The van der Waals surface area contributed by atoms with Crippen LogP contribution in [0, 0.1) is 0 Å². The predicted molar refractivity (Wildman–Crippen MR) is 70.7 cm³/mol. The molecule has 0 bridgehead atoms. The van der Waals surface area contributed by atoms with Crippen LogP contribution in [0.4, 0.5) is 5.69 Å². The Morgan fingerprint density at radius 2 is 2.17 bits per heavy atom. The van der Waals surface area contributed by atoms with Gasteiger partial charge in [-0.15, -0.1) is 0 Å². The number of rotatable bonds is 4. The highest BCUT2D eigenvalue weighted by molar-refractivity contribution is 5.44. The molecular formula is C13H18N4O. The lowest BCUT2D eigenvalue weighted by Crippen LogP contribution is -2.39. The van der Waals surface area contributed by atoms with E-state index in [1.165, 1.54) is 0 Å². The van der Waals surface area contributed by atoms with Gasteiger partial charge < -0.3 is 10.4 Å². The van der Waals surface area contributed by atoms with Crippen LogP contribution in [0.3, 0.4) is 0 Å². The molecule has 1 unspecified atom stereocenters. The number of nitrogens with zero attached hydrogens (tertiary/aromatic N) is 3. The first-order valence-corrected chi connectivity index (χ1v) is 5.90. The van der Waals surface area contributed by atoms with Crippen LogP contribution in [-0.2, 0) is 0 Å². The highest BCUT2D eigenvalue weighted by atomic mass is 16.3. The number of imidazole rings is 1. The Kier molecular flexibility index (Phi) is 3.34. The molecular weight excluding hydrogens is 228 g/mol. The summed E-state index contributed by atoms with van der Waals surface area (Å²) >= 11 is 0. The van der Waals surface area contributed by atoms with Crippen molar-refractivity contribution in [3.05, 3.63) is 37.1 Å². The molecule has 18 heavy (non-hydrogen) atoms. The topological polar surface area (TPSA) is 63.0 Å². The number of pyridine rings is 1. The summed E-state index contributed by atoms with van der Waals surface area (Å²) in [4.78, 5) is 8.31. The third-order valence-corrected chi connectivity index (χ3v) is 2.96. The first kappa shape index (κ1) is 12.6. The van der Waals surface area contributed by atoms with Crippen molar-refractivity contribution in [1.29, 1.82) is 0 Å². The molecule has 2 aromatic heterocycles. The minimum Gasteiger partial charge on any atom is -0.388 e. The van der Waals surface area contributed by atoms with Crippen molar-refractivity contribution in [2.75, 3.05) is 5.32 Å². The van der Waals surface area contributed by atoms with Gasteiger partial charge in [0.25, 0.3) is 0 Å². The van der Waals surface area contributed by atoms with Crippen molar-refractivity contribution >= 4 is 5.69 Å². The lowest BCUT2D eigenvalue weighted by molar-refractivity contribution is 0.0649. The number of hydrogen-bond acceptors (Lipinski definition) is 4. The van der Waals surface area contributed by atoms with Gasteiger partial charge in [0.1, 0.15) is 12.1 Å². The van der Waals surface area contributed by atoms with Gasteiger partial charge in [-0.25, -0.2) is 9.97 Å². The Hall–Kier alpha value is -1.88. The zero-order valence-electron chi connectivity index (χ0n) is 10.8. The molecule has 2 heterocycles. The molecule has 0 radical (unpaired) electrons.